The summed E-state index contributed by atoms with van der Waals surface area (Å²) in [6, 6.07) is 4.26. The molecule has 0 amide bonds. The van der Waals surface area contributed by atoms with Crippen LogP contribution in [0.4, 0.5) is 5.82 Å². The van der Waals surface area contributed by atoms with Crippen LogP contribution in [0.5, 0.6) is 0 Å². The predicted molar refractivity (Wildman–Crippen MR) is 60.4 cm³/mol. The van der Waals surface area contributed by atoms with Crippen LogP contribution in [0.3, 0.4) is 0 Å². The lowest BCUT2D eigenvalue weighted by atomic mass is 10.2. The third-order valence-corrected chi connectivity index (χ3v) is 3.55. The van der Waals surface area contributed by atoms with Gasteiger partial charge < -0.3 is 5.73 Å². The summed E-state index contributed by atoms with van der Waals surface area (Å²) in [5.74, 6) is 0.589. The van der Waals surface area contributed by atoms with Crippen molar-refractivity contribution in [3.05, 3.63) is 22.6 Å². The van der Waals surface area contributed by atoms with Gasteiger partial charge in [0, 0.05) is 10.4 Å². The molecule has 0 unspecified atom stereocenters. The van der Waals surface area contributed by atoms with Gasteiger partial charge in [0.1, 0.15) is 5.82 Å². The molecule has 14 heavy (non-hydrogen) atoms. The van der Waals surface area contributed by atoms with Gasteiger partial charge in [-0.05, 0) is 25.5 Å². The van der Waals surface area contributed by atoms with E-state index in [1.54, 1.807) is 11.3 Å². The molecule has 0 saturated heterocycles. The molecule has 2 aromatic rings. The van der Waals surface area contributed by atoms with E-state index in [9.17, 15) is 0 Å². The Morgan fingerprint density at radius 2 is 2.29 bits per heavy atom. The molecule has 2 heterocycles. The second-order valence-corrected chi connectivity index (χ2v) is 4.40. The summed E-state index contributed by atoms with van der Waals surface area (Å²) in [7, 11) is 0. The second-order valence-electron chi connectivity index (χ2n) is 3.23. The Balaban J connectivity index is 2.44. The number of nitrogens with one attached hydrogen (secondary N) is 1. The number of aromatic nitrogens is 2. The number of nitrogen functional groups attached to an aromatic ring is 1. The van der Waals surface area contributed by atoms with Crippen LogP contribution < -0.4 is 5.73 Å². The van der Waals surface area contributed by atoms with Crippen molar-refractivity contribution in [1.82, 2.24) is 10.2 Å². The summed E-state index contributed by atoms with van der Waals surface area (Å²) >= 11 is 1.79. The highest BCUT2D eigenvalue weighted by atomic mass is 32.1. The topological polar surface area (TPSA) is 54.7 Å². The lowest BCUT2D eigenvalue weighted by Gasteiger charge is -1.93. The van der Waals surface area contributed by atoms with Crippen LogP contribution in [0, 0.1) is 6.92 Å². The van der Waals surface area contributed by atoms with Crippen molar-refractivity contribution in [2.45, 2.75) is 20.3 Å². The highest BCUT2D eigenvalue weighted by Crippen LogP contribution is 2.30. The van der Waals surface area contributed by atoms with Crippen molar-refractivity contribution < 1.29 is 0 Å². The van der Waals surface area contributed by atoms with Crippen molar-refractivity contribution in [2.24, 2.45) is 0 Å². The molecule has 0 fully saturated rings. The first-order chi connectivity index (χ1) is 6.72. The van der Waals surface area contributed by atoms with Crippen LogP contribution >= 0.6 is 11.3 Å². The Bertz CT molecular complexity index is 442. The molecule has 0 aliphatic heterocycles. The number of rotatable bonds is 2. The van der Waals surface area contributed by atoms with Gasteiger partial charge in [-0.25, -0.2) is 0 Å². The lowest BCUT2D eigenvalue weighted by molar-refractivity contribution is 1.11. The maximum Gasteiger partial charge on any atom is 0.148 e. The van der Waals surface area contributed by atoms with Crippen molar-refractivity contribution in [1.29, 1.82) is 0 Å². The average Bonchev–Trinajstić information content (AvgIpc) is 2.75. The van der Waals surface area contributed by atoms with Crippen molar-refractivity contribution in [3.63, 3.8) is 0 Å². The lowest BCUT2D eigenvalue weighted by Crippen LogP contribution is -1.85. The van der Waals surface area contributed by atoms with Gasteiger partial charge in [0.25, 0.3) is 0 Å². The molecule has 0 saturated carbocycles. The number of anilines is 1. The van der Waals surface area contributed by atoms with Crippen molar-refractivity contribution in [2.75, 3.05) is 5.73 Å². The van der Waals surface area contributed by atoms with Crippen LogP contribution in [0.1, 0.15) is 17.4 Å². The van der Waals surface area contributed by atoms with Gasteiger partial charge >= 0.3 is 0 Å². The van der Waals surface area contributed by atoms with Crippen LogP contribution in [-0.2, 0) is 6.42 Å². The molecule has 0 bridgehead atoms. The summed E-state index contributed by atoms with van der Waals surface area (Å²) in [6.07, 6.45) is 1.08. The maximum absolute atomic E-state index is 5.68. The van der Waals surface area contributed by atoms with E-state index < -0.39 is 0 Å². The quantitative estimate of drug-likeness (QED) is 0.795. The van der Waals surface area contributed by atoms with Gasteiger partial charge in [0.05, 0.1) is 10.6 Å². The molecule has 0 aliphatic rings. The average molecular weight is 207 g/mol. The van der Waals surface area contributed by atoms with Crippen LogP contribution in [0.25, 0.3) is 10.6 Å². The summed E-state index contributed by atoms with van der Waals surface area (Å²) in [5, 5.41) is 6.95. The molecule has 0 aromatic carbocycles. The van der Waals surface area contributed by atoms with Crippen LogP contribution in [0.15, 0.2) is 12.1 Å². The first-order valence-corrected chi connectivity index (χ1v) is 5.43. The van der Waals surface area contributed by atoms with E-state index in [4.69, 9.17) is 5.73 Å². The van der Waals surface area contributed by atoms with Gasteiger partial charge in [-0.1, -0.05) is 6.92 Å². The Morgan fingerprint density at radius 1 is 1.50 bits per heavy atom. The number of H-pyrrole nitrogens is 1. The summed E-state index contributed by atoms with van der Waals surface area (Å²) < 4.78 is 0. The molecule has 3 nitrogen and oxygen atoms in total. The zero-order chi connectivity index (χ0) is 10.1. The molecule has 74 valence electrons. The summed E-state index contributed by atoms with van der Waals surface area (Å²) in [6.45, 7) is 4.14. The fraction of sp³-hybridized carbons (Fsp3) is 0.300. The number of aromatic amines is 1. The van der Waals surface area contributed by atoms with Gasteiger partial charge in [0.2, 0.25) is 0 Å². The van der Waals surface area contributed by atoms with Crippen LogP contribution in [0.2, 0.25) is 0 Å². The van der Waals surface area contributed by atoms with Gasteiger partial charge in [0.15, 0.2) is 0 Å². The number of nitrogens with zero attached hydrogens (tertiary/aromatic N) is 1. The predicted octanol–water partition coefficient (Wildman–Crippen LogP) is 2.59. The molecule has 0 radical (unpaired) electrons. The third kappa shape index (κ3) is 1.42. The highest BCUT2D eigenvalue weighted by molar-refractivity contribution is 7.15. The molecule has 0 aliphatic carbocycles. The van der Waals surface area contributed by atoms with Gasteiger partial charge in [-0.15, -0.1) is 11.3 Å². The standard InChI is InChI=1S/C10H13N3S/c1-3-7-4-5-8(14-7)9-6(2)10(11)13-12-9/h4-5H,3H2,1-2H3,(H3,11,12,13). The van der Waals surface area contributed by atoms with Gasteiger partial charge in [-0.2, -0.15) is 5.10 Å². The fourth-order valence-corrected chi connectivity index (χ4v) is 2.35. The number of hydrogen-bond donors (Lipinski definition) is 2. The van der Waals surface area contributed by atoms with E-state index in [-0.39, 0.29) is 0 Å². The zero-order valence-electron chi connectivity index (χ0n) is 8.29. The molecular weight excluding hydrogens is 194 g/mol. The molecule has 3 N–H and O–H groups in total. The second kappa shape index (κ2) is 3.46. The largest absolute Gasteiger partial charge is 0.382 e. The minimum absolute atomic E-state index is 0.589. The smallest absolute Gasteiger partial charge is 0.148 e. The summed E-state index contributed by atoms with van der Waals surface area (Å²) in [5.41, 5.74) is 7.76. The van der Waals surface area contributed by atoms with E-state index in [2.05, 4.69) is 29.3 Å². The van der Waals surface area contributed by atoms with Crippen molar-refractivity contribution >= 4 is 17.2 Å². The third-order valence-electron chi connectivity index (χ3n) is 2.30. The number of nitrogens with two attached hydrogens (primary N) is 1. The van der Waals surface area contributed by atoms with E-state index in [1.807, 2.05) is 6.92 Å². The normalized spacial score (nSPS) is 10.7. The Morgan fingerprint density at radius 3 is 2.79 bits per heavy atom. The van der Waals surface area contributed by atoms with Crippen molar-refractivity contribution in [3.8, 4) is 10.6 Å². The molecule has 4 heteroatoms. The van der Waals surface area contributed by atoms with Crippen LogP contribution in [-0.4, -0.2) is 10.2 Å². The van der Waals surface area contributed by atoms with Gasteiger partial charge in [-0.3, -0.25) is 5.10 Å². The molecule has 2 aromatic heterocycles. The fourth-order valence-electron chi connectivity index (χ4n) is 1.35. The SMILES string of the molecule is CCc1ccc(-c2[nH]nc(N)c2C)s1. The number of hydrogen-bond acceptors (Lipinski definition) is 3. The number of thiophene rings is 1. The summed E-state index contributed by atoms with van der Waals surface area (Å²) in [4.78, 5) is 2.59. The highest BCUT2D eigenvalue weighted by Gasteiger charge is 2.09. The van der Waals surface area contributed by atoms with E-state index in [0.717, 1.165) is 17.7 Å². The monoisotopic (exact) mass is 207 g/mol. The number of aryl methyl sites for hydroxylation is 1. The Labute approximate surface area is 87.0 Å². The molecule has 0 spiro atoms. The zero-order valence-corrected chi connectivity index (χ0v) is 9.11. The minimum Gasteiger partial charge on any atom is -0.382 e. The molecule has 0 atom stereocenters. The molecular formula is C10H13N3S. The van der Waals surface area contributed by atoms with E-state index >= 15 is 0 Å². The Kier molecular flexibility index (Phi) is 2.29. The molecule has 2 rings (SSSR count). The first kappa shape index (κ1) is 9.27. The first-order valence-electron chi connectivity index (χ1n) is 4.62. The van der Waals surface area contributed by atoms with E-state index in [0.29, 0.717) is 5.82 Å². The maximum atomic E-state index is 5.68. The minimum atomic E-state index is 0.589. The van der Waals surface area contributed by atoms with E-state index in [1.165, 1.54) is 9.75 Å². The Hall–Kier alpha value is -1.29.